The first-order chi connectivity index (χ1) is 36.5. The Balaban J connectivity index is 0.636. The lowest BCUT2D eigenvalue weighted by molar-refractivity contribution is 0.0109. The summed E-state index contributed by atoms with van der Waals surface area (Å²) in [4.78, 5) is 29.8. The Morgan fingerprint density at radius 2 is 0.803 bits per heavy atom. The van der Waals surface area contributed by atoms with Gasteiger partial charge in [-0.2, -0.15) is 0 Å². The van der Waals surface area contributed by atoms with Crippen molar-refractivity contribution in [1.82, 2.24) is 40.5 Å². The molecule has 76 heavy (non-hydrogen) atoms. The van der Waals surface area contributed by atoms with Gasteiger partial charge in [0.25, 0.3) is 0 Å². The molecule has 2 heterocycles. The summed E-state index contributed by atoms with van der Waals surface area (Å²) in [7, 11) is -2.66. The van der Waals surface area contributed by atoms with E-state index >= 15 is 0 Å². The number of carbonyl (C=O) groups is 2. The number of ether oxygens (including phenoxy) is 4. The molecule has 14 unspecified atom stereocenters. The predicted molar refractivity (Wildman–Crippen MR) is 301 cm³/mol. The summed E-state index contributed by atoms with van der Waals surface area (Å²) in [6, 6.07) is -0.515. The molecule has 24 heteroatoms. The Kier molecular flexibility index (Phi) is 25.7. The topological polar surface area (TPSA) is 218 Å². The fourth-order valence-electron chi connectivity index (χ4n) is 14.3. The van der Waals surface area contributed by atoms with E-state index in [0.29, 0.717) is 126 Å². The molecule has 7 aliphatic rings. The highest BCUT2D eigenvalue weighted by Crippen LogP contribution is 2.50. The third kappa shape index (κ3) is 19.2. The number of rotatable bonds is 26. The minimum Gasteiger partial charge on any atom is -0.378 e. The van der Waals surface area contributed by atoms with Crippen LogP contribution < -0.4 is 30.7 Å². The zero-order chi connectivity index (χ0) is 54.2. The standard InChI is InChI=1S/C52H92Cl4N8O10S2/c1-63-31-45(43-27-37(53)29-49(55)47(43)33-63)35-5-3-7-41(25-35)75(67,68)59-15-19-73-23-21-71-17-13-57-51(65)61-39-9-11-40(12-10-39)62-52(66)58-14-18-72-22-24-74-20-16-60-76(69,70)42-8-4-6-36(26-42)46-32-64(2)34-48-44(46)28-38(54)30-50(48)56/h35-50,59-60H,3-34H2,1-2H3,(H2,57,61,65)(H2,58,62,66). The van der Waals surface area contributed by atoms with Crippen LogP contribution in [0.4, 0.5) is 9.59 Å². The normalized spacial score (nSPS) is 35.9. The highest BCUT2D eigenvalue weighted by Gasteiger charge is 2.49. The molecule has 5 aliphatic carbocycles. The number of sulfonamides is 2. The summed E-state index contributed by atoms with van der Waals surface area (Å²) in [5.41, 5.74) is 0. The van der Waals surface area contributed by atoms with Crippen LogP contribution in [0.3, 0.4) is 0 Å². The van der Waals surface area contributed by atoms with E-state index < -0.39 is 30.5 Å². The summed E-state index contributed by atoms with van der Waals surface area (Å²) >= 11 is 26.9. The second-order valence-corrected chi connectivity index (χ2v) is 29.8. The number of urea groups is 2. The lowest BCUT2D eigenvalue weighted by atomic mass is 9.63. The summed E-state index contributed by atoms with van der Waals surface area (Å²) < 4.78 is 81.5. The van der Waals surface area contributed by atoms with Crippen LogP contribution in [0.25, 0.3) is 0 Å². The number of likely N-dealkylation sites (tertiary alicyclic amines) is 2. The molecule has 5 saturated carbocycles. The van der Waals surface area contributed by atoms with Crippen molar-refractivity contribution in [2.75, 3.05) is 119 Å². The Hall–Kier alpha value is -0.720. The van der Waals surface area contributed by atoms with E-state index in [4.69, 9.17) is 65.4 Å². The van der Waals surface area contributed by atoms with Gasteiger partial charge in [0.05, 0.1) is 63.4 Å². The van der Waals surface area contributed by atoms with Crippen molar-refractivity contribution >= 4 is 78.5 Å². The van der Waals surface area contributed by atoms with Gasteiger partial charge >= 0.3 is 12.1 Å². The van der Waals surface area contributed by atoms with Crippen LogP contribution in [-0.4, -0.2) is 202 Å². The van der Waals surface area contributed by atoms with Gasteiger partial charge in [0, 0.05) is 86.0 Å². The van der Waals surface area contributed by atoms with E-state index in [1.165, 1.54) is 0 Å². The molecule has 0 radical (unpaired) electrons. The highest BCUT2D eigenvalue weighted by molar-refractivity contribution is 7.90. The van der Waals surface area contributed by atoms with Crippen molar-refractivity contribution in [2.45, 2.75) is 147 Å². The number of amides is 4. The van der Waals surface area contributed by atoms with E-state index in [9.17, 15) is 26.4 Å². The van der Waals surface area contributed by atoms with Crippen LogP contribution in [0.1, 0.15) is 103 Å². The maximum Gasteiger partial charge on any atom is 0.315 e. The average molecular weight is 1200 g/mol. The number of nitrogens with zero attached hydrogens (tertiary/aromatic N) is 2. The van der Waals surface area contributed by atoms with Gasteiger partial charge in [-0.3, -0.25) is 0 Å². The number of nitrogens with one attached hydrogen (secondary N) is 6. The van der Waals surface area contributed by atoms with E-state index in [1.807, 2.05) is 0 Å². The van der Waals surface area contributed by atoms with E-state index in [2.05, 4.69) is 54.6 Å². The molecule has 18 nitrogen and oxygen atoms in total. The van der Waals surface area contributed by atoms with Gasteiger partial charge < -0.3 is 50.0 Å². The maximum absolute atomic E-state index is 13.4. The molecule has 7 fully saturated rings. The maximum atomic E-state index is 13.4. The quantitative estimate of drug-likeness (QED) is 0.0466. The molecular weight excluding hydrogens is 1100 g/mol. The van der Waals surface area contributed by atoms with Crippen LogP contribution >= 0.6 is 46.4 Å². The van der Waals surface area contributed by atoms with Gasteiger partial charge in [-0.05, 0) is 138 Å². The lowest BCUT2D eigenvalue weighted by Gasteiger charge is -2.51. The molecular formula is C52H92Cl4N8O10S2. The number of alkyl halides is 4. The van der Waals surface area contributed by atoms with Gasteiger partial charge in [-0.25, -0.2) is 35.9 Å². The van der Waals surface area contributed by atoms with Gasteiger partial charge in [0.1, 0.15) is 0 Å². The number of halogens is 4. The Morgan fingerprint density at radius 3 is 1.18 bits per heavy atom. The van der Waals surface area contributed by atoms with Crippen molar-refractivity contribution in [3.8, 4) is 0 Å². The first kappa shape index (κ1) is 62.9. The second kappa shape index (κ2) is 31.1. The van der Waals surface area contributed by atoms with Gasteiger partial charge in [0.15, 0.2) is 0 Å². The Bertz CT molecular complexity index is 1870. The molecule has 0 spiro atoms. The number of carbonyl (C=O) groups excluding carboxylic acids is 2. The molecule has 2 saturated heterocycles. The molecule has 0 bridgehead atoms. The van der Waals surface area contributed by atoms with Crippen molar-refractivity contribution in [2.24, 2.45) is 47.3 Å². The minimum absolute atomic E-state index is 0.00801. The van der Waals surface area contributed by atoms with Crippen molar-refractivity contribution in [1.29, 1.82) is 0 Å². The third-order valence-electron chi connectivity index (χ3n) is 18.0. The average Bonchev–Trinajstić information content (AvgIpc) is 3.38. The fourth-order valence-corrected chi connectivity index (χ4v) is 19.4. The van der Waals surface area contributed by atoms with Crippen molar-refractivity contribution in [3.63, 3.8) is 0 Å². The van der Waals surface area contributed by atoms with E-state index in [1.54, 1.807) is 0 Å². The number of hydrogen-bond acceptors (Lipinski definition) is 12. The largest absolute Gasteiger partial charge is 0.378 e. The second-order valence-electron chi connectivity index (χ2n) is 23.4. The lowest BCUT2D eigenvalue weighted by Crippen LogP contribution is -2.54. The molecule has 0 aromatic heterocycles. The monoisotopic (exact) mass is 1190 g/mol. The minimum atomic E-state index is -3.48. The van der Waals surface area contributed by atoms with Crippen LogP contribution in [0, 0.1) is 47.3 Å². The van der Waals surface area contributed by atoms with Crippen LogP contribution in [-0.2, 0) is 39.0 Å². The zero-order valence-corrected chi connectivity index (χ0v) is 49.8. The Labute approximate surface area is 475 Å². The SMILES string of the molecule is CN1CC2C(Cl)CC(Cl)CC2C(C2CCCC(S(=O)(=O)NCCOCCOCCNC(=O)NC3CCC(NC(=O)NCCOCCOCCNS(=O)(=O)C4CCCC(C5CN(C)CC6C(Cl)CC(Cl)CC65)C4)CC3)C2)C1. The van der Waals surface area contributed by atoms with Crippen molar-refractivity contribution < 1.29 is 45.4 Å². The summed E-state index contributed by atoms with van der Waals surface area (Å²) in [6.07, 6.45) is 13.2. The molecule has 0 aromatic carbocycles. The number of fused-ring (bicyclic) bond motifs is 2. The molecule has 2 aliphatic heterocycles. The molecule has 7 rings (SSSR count). The van der Waals surface area contributed by atoms with E-state index in [-0.39, 0.29) is 72.0 Å². The molecule has 14 atom stereocenters. The van der Waals surface area contributed by atoms with E-state index in [0.717, 1.165) is 103 Å². The number of hydrogen-bond donors (Lipinski definition) is 6. The molecule has 4 amide bonds. The van der Waals surface area contributed by atoms with Gasteiger partial charge in [-0.15, -0.1) is 46.4 Å². The first-order valence-corrected chi connectivity index (χ1v) is 33.6. The zero-order valence-electron chi connectivity index (χ0n) is 45.2. The highest BCUT2D eigenvalue weighted by atomic mass is 35.5. The fraction of sp³-hybridized carbons (Fsp3) is 0.962. The van der Waals surface area contributed by atoms with Crippen LogP contribution in [0.2, 0.25) is 0 Å². The predicted octanol–water partition coefficient (Wildman–Crippen LogP) is 5.52. The summed E-state index contributed by atoms with van der Waals surface area (Å²) in [6.45, 7) is 7.36. The third-order valence-corrected chi connectivity index (χ3v) is 23.5. The molecule has 0 aromatic rings. The van der Waals surface area contributed by atoms with Gasteiger partial charge in [-0.1, -0.05) is 25.7 Å². The smallest absolute Gasteiger partial charge is 0.315 e. The van der Waals surface area contributed by atoms with Crippen LogP contribution in [0.15, 0.2) is 0 Å². The summed E-state index contributed by atoms with van der Waals surface area (Å²) in [5.74, 6) is 3.22. The summed E-state index contributed by atoms with van der Waals surface area (Å²) in [5, 5.41) is 11.2. The van der Waals surface area contributed by atoms with Crippen LogP contribution in [0.5, 0.6) is 0 Å². The molecule has 440 valence electrons. The van der Waals surface area contributed by atoms with Crippen molar-refractivity contribution in [3.05, 3.63) is 0 Å². The van der Waals surface area contributed by atoms with Gasteiger partial charge in [0.2, 0.25) is 20.0 Å². The molecule has 6 N–H and O–H groups in total. The number of piperidine rings is 2. The Morgan fingerprint density at radius 1 is 0.447 bits per heavy atom. The first-order valence-electron chi connectivity index (χ1n) is 28.8.